The number of amides is 1. The fraction of sp³-hybridized carbons (Fsp3) is 0.533. The van der Waals surface area contributed by atoms with Gasteiger partial charge in [0.25, 0.3) is 5.91 Å². The normalized spacial score (nSPS) is 22.6. The second-order valence-electron chi connectivity index (χ2n) is 5.94. The molecule has 1 atom stereocenters. The van der Waals surface area contributed by atoms with Crippen LogP contribution in [0.15, 0.2) is 24.3 Å². The third kappa shape index (κ3) is 2.89. The van der Waals surface area contributed by atoms with Crippen molar-refractivity contribution in [2.75, 3.05) is 38.6 Å². The van der Waals surface area contributed by atoms with Crippen LogP contribution in [0.2, 0.25) is 0 Å². The molecule has 1 aliphatic rings. The summed E-state index contributed by atoms with van der Waals surface area (Å²) in [5, 5.41) is 0. The maximum absolute atomic E-state index is 12.5. The average Bonchev–Trinajstić information content (AvgIpc) is 2.81. The van der Waals surface area contributed by atoms with Crippen LogP contribution in [0.1, 0.15) is 23.7 Å². The number of nitrogens with zero attached hydrogens (tertiary/aromatic N) is 2. The van der Waals surface area contributed by atoms with Crippen molar-refractivity contribution in [3.63, 3.8) is 0 Å². The van der Waals surface area contributed by atoms with Gasteiger partial charge >= 0.3 is 0 Å². The van der Waals surface area contributed by atoms with E-state index in [1.807, 2.05) is 48.2 Å². The molecule has 0 radical (unpaired) electrons. The van der Waals surface area contributed by atoms with Gasteiger partial charge in [0.1, 0.15) is 0 Å². The highest BCUT2D eigenvalue weighted by Crippen LogP contribution is 2.29. The van der Waals surface area contributed by atoms with E-state index in [1.54, 1.807) is 0 Å². The molecule has 2 N–H and O–H groups in total. The number of carbonyl (C=O) groups excluding carboxylic acids is 1. The highest BCUT2D eigenvalue weighted by Gasteiger charge is 2.35. The lowest BCUT2D eigenvalue weighted by Crippen LogP contribution is -2.34. The topological polar surface area (TPSA) is 49.6 Å². The van der Waals surface area contributed by atoms with E-state index >= 15 is 0 Å². The Labute approximate surface area is 115 Å². The molecular weight excluding hydrogens is 238 g/mol. The molecule has 0 spiro atoms. The second kappa shape index (κ2) is 5.21. The number of carbonyl (C=O) groups is 1. The van der Waals surface area contributed by atoms with Crippen LogP contribution < -0.4 is 10.6 Å². The maximum atomic E-state index is 12.5. The molecule has 0 aromatic heterocycles. The fourth-order valence-corrected chi connectivity index (χ4v) is 2.46. The molecule has 2 rings (SSSR count). The van der Waals surface area contributed by atoms with Crippen molar-refractivity contribution in [1.29, 1.82) is 0 Å². The van der Waals surface area contributed by atoms with Gasteiger partial charge < -0.3 is 15.5 Å². The summed E-state index contributed by atoms with van der Waals surface area (Å²) >= 11 is 0. The predicted molar refractivity (Wildman–Crippen MR) is 78.5 cm³/mol. The van der Waals surface area contributed by atoms with Gasteiger partial charge in [-0.2, -0.15) is 0 Å². The first kappa shape index (κ1) is 13.9. The first-order chi connectivity index (χ1) is 8.95. The quantitative estimate of drug-likeness (QED) is 0.898. The Morgan fingerprint density at radius 3 is 2.79 bits per heavy atom. The Balaban J connectivity index is 2.15. The van der Waals surface area contributed by atoms with Gasteiger partial charge in [-0.05, 0) is 36.6 Å². The minimum atomic E-state index is 0.0782. The van der Waals surface area contributed by atoms with E-state index < -0.39 is 0 Å². The SMILES string of the molecule is CN(C)c1cccc(C(=O)N2CCC(C)(CN)C2)c1. The molecule has 1 aliphatic heterocycles. The first-order valence-corrected chi connectivity index (χ1v) is 6.72. The first-order valence-electron chi connectivity index (χ1n) is 6.72. The van der Waals surface area contributed by atoms with Crippen LogP contribution in [-0.2, 0) is 0 Å². The van der Waals surface area contributed by atoms with E-state index in [9.17, 15) is 4.79 Å². The molecule has 104 valence electrons. The van der Waals surface area contributed by atoms with E-state index in [2.05, 4.69) is 6.92 Å². The fourth-order valence-electron chi connectivity index (χ4n) is 2.46. The predicted octanol–water partition coefficient (Wildman–Crippen LogP) is 1.56. The van der Waals surface area contributed by atoms with E-state index in [1.165, 1.54) is 0 Å². The average molecular weight is 261 g/mol. The van der Waals surface area contributed by atoms with Crippen molar-refractivity contribution in [3.05, 3.63) is 29.8 Å². The van der Waals surface area contributed by atoms with Gasteiger partial charge in [0.05, 0.1) is 0 Å². The smallest absolute Gasteiger partial charge is 0.253 e. The third-order valence-corrected chi connectivity index (χ3v) is 3.95. The minimum Gasteiger partial charge on any atom is -0.378 e. The van der Waals surface area contributed by atoms with E-state index in [0.717, 1.165) is 30.8 Å². The molecule has 1 saturated heterocycles. The summed E-state index contributed by atoms with van der Waals surface area (Å²) in [6, 6.07) is 7.76. The van der Waals surface area contributed by atoms with Crippen LogP contribution in [0.5, 0.6) is 0 Å². The molecular formula is C15H23N3O. The minimum absolute atomic E-state index is 0.0782. The monoisotopic (exact) mass is 261 g/mol. The highest BCUT2D eigenvalue weighted by molar-refractivity contribution is 5.95. The molecule has 4 heteroatoms. The van der Waals surface area contributed by atoms with Gasteiger partial charge in [-0.25, -0.2) is 0 Å². The number of nitrogens with two attached hydrogens (primary N) is 1. The van der Waals surface area contributed by atoms with Gasteiger partial charge in [-0.3, -0.25) is 4.79 Å². The van der Waals surface area contributed by atoms with Crippen LogP contribution in [0, 0.1) is 5.41 Å². The molecule has 4 nitrogen and oxygen atoms in total. The van der Waals surface area contributed by atoms with Crippen LogP contribution >= 0.6 is 0 Å². The van der Waals surface area contributed by atoms with Gasteiger partial charge in [0.2, 0.25) is 0 Å². The third-order valence-electron chi connectivity index (χ3n) is 3.95. The van der Waals surface area contributed by atoms with E-state index in [-0.39, 0.29) is 11.3 Å². The van der Waals surface area contributed by atoms with Crippen molar-refractivity contribution in [2.24, 2.45) is 11.1 Å². The van der Waals surface area contributed by atoms with Crippen molar-refractivity contribution in [1.82, 2.24) is 4.90 Å². The lowest BCUT2D eigenvalue weighted by atomic mass is 9.90. The summed E-state index contributed by atoms with van der Waals surface area (Å²) in [4.78, 5) is 16.4. The lowest BCUT2D eigenvalue weighted by molar-refractivity contribution is 0.0777. The van der Waals surface area contributed by atoms with Gasteiger partial charge in [0.15, 0.2) is 0 Å². The zero-order valence-electron chi connectivity index (χ0n) is 12.0. The summed E-state index contributed by atoms with van der Waals surface area (Å²) in [5.41, 5.74) is 7.67. The standard InChI is InChI=1S/C15H23N3O/c1-15(10-16)7-8-18(11-15)14(19)12-5-4-6-13(9-12)17(2)3/h4-6,9H,7-8,10-11,16H2,1-3H3. The Morgan fingerprint density at radius 1 is 1.47 bits per heavy atom. The molecule has 1 amide bonds. The second-order valence-corrected chi connectivity index (χ2v) is 5.94. The van der Waals surface area contributed by atoms with Crippen molar-refractivity contribution < 1.29 is 4.79 Å². The van der Waals surface area contributed by atoms with Crippen LogP contribution in [0.25, 0.3) is 0 Å². The Morgan fingerprint density at radius 2 is 2.21 bits per heavy atom. The van der Waals surface area contributed by atoms with Crippen molar-refractivity contribution in [3.8, 4) is 0 Å². The zero-order valence-corrected chi connectivity index (χ0v) is 12.0. The molecule has 1 heterocycles. The number of hydrogen-bond donors (Lipinski definition) is 1. The van der Waals surface area contributed by atoms with Crippen LogP contribution in [0.3, 0.4) is 0 Å². The number of hydrogen-bond acceptors (Lipinski definition) is 3. The number of benzene rings is 1. The number of likely N-dealkylation sites (tertiary alicyclic amines) is 1. The summed E-state index contributed by atoms with van der Waals surface area (Å²) in [6.45, 7) is 4.35. The molecule has 1 aromatic rings. The Kier molecular flexibility index (Phi) is 3.80. The molecule has 1 unspecified atom stereocenters. The number of anilines is 1. The van der Waals surface area contributed by atoms with Crippen LogP contribution in [-0.4, -0.2) is 44.5 Å². The van der Waals surface area contributed by atoms with Gasteiger partial charge in [0, 0.05) is 38.4 Å². The molecule has 19 heavy (non-hydrogen) atoms. The number of rotatable bonds is 3. The lowest BCUT2D eigenvalue weighted by Gasteiger charge is -2.23. The zero-order chi connectivity index (χ0) is 14.0. The van der Waals surface area contributed by atoms with E-state index in [4.69, 9.17) is 5.73 Å². The van der Waals surface area contributed by atoms with Gasteiger partial charge in [-0.15, -0.1) is 0 Å². The maximum Gasteiger partial charge on any atom is 0.253 e. The summed E-state index contributed by atoms with van der Waals surface area (Å²) in [6.07, 6.45) is 0.989. The molecule has 1 aromatic carbocycles. The Hall–Kier alpha value is -1.55. The van der Waals surface area contributed by atoms with Crippen molar-refractivity contribution in [2.45, 2.75) is 13.3 Å². The summed E-state index contributed by atoms with van der Waals surface area (Å²) < 4.78 is 0. The highest BCUT2D eigenvalue weighted by atomic mass is 16.2. The van der Waals surface area contributed by atoms with Crippen LogP contribution in [0.4, 0.5) is 5.69 Å². The van der Waals surface area contributed by atoms with Gasteiger partial charge in [-0.1, -0.05) is 13.0 Å². The molecule has 0 saturated carbocycles. The van der Waals surface area contributed by atoms with Crippen molar-refractivity contribution >= 4 is 11.6 Å². The largest absolute Gasteiger partial charge is 0.378 e. The summed E-state index contributed by atoms with van der Waals surface area (Å²) in [5.74, 6) is 0.112. The van der Waals surface area contributed by atoms with E-state index in [0.29, 0.717) is 6.54 Å². The molecule has 0 aliphatic carbocycles. The Bertz CT molecular complexity index is 472. The molecule has 0 bridgehead atoms. The molecule has 1 fully saturated rings. The summed E-state index contributed by atoms with van der Waals surface area (Å²) in [7, 11) is 3.95.